The number of nitrogens with one attached hydrogen (secondary N) is 1. The molecule has 0 heterocycles. The van der Waals surface area contributed by atoms with Crippen molar-refractivity contribution in [3.8, 4) is 0 Å². The van der Waals surface area contributed by atoms with Crippen molar-refractivity contribution >= 4 is 35.0 Å². The molecule has 0 aliphatic heterocycles. The van der Waals surface area contributed by atoms with E-state index in [1.54, 1.807) is 23.1 Å². The molecule has 172 valence electrons. The highest BCUT2D eigenvalue weighted by Crippen LogP contribution is 2.27. The van der Waals surface area contributed by atoms with Crippen LogP contribution in [-0.4, -0.2) is 29.3 Å². The van der Waals surface area contributed by atoms with E-state index in [-0.39, 0.29) is 24.8 Å². The van der Waals surface area contributed by atoms with Crippen LogP contribution in [0.5, 0.6) is 0 Å². The van der Waals surface area contributed by atoms with Crippen molar-refractivity contribution in [2.24, 2.45) is 0 Å². The third-order valence-corrected chi connectivity index (χ3v) is 6.32. The van der Waals surface area contributed by atoms with Crippen LogP contribution in [0.15, 0.2) is 72.8 Å². The lowest BCUT2D eigenvalue weighted by Gasteiger charge is -2.32. The van der Waals surface area contributed by atoms with Crippen molar-refractivity contribution in [2.75, 3.05) is 6.54 Å². The number of amides is 2. The zero-order chi connectivity index (χ0) is 23.8. The molecule has 0 aliphatic rings. The largest absolute Gasteiger partial charge is 0.355 e. The van der Waals surface area contributed by atoms with Gasteiger partial charge in [-0.3, -0.25) is 9.59 Å². The molecule has 3 aromatic carbocycles. The van der Waals surface area contributed by atoms with Gasteiger partial charge in [0.25, 0.3) is 0 Å². The van der Waals surface area contributed by atoms with E-state index in [1.165, 1.54) is 0 Å². The Morgan fingerprint density at radius 3 is 2.18 bits per heavy atom. The van der Waals surface area contributed by atoms with Crippen molar-refractivity contribution in [1.82, 2.24) is 10.2 Å². The Morgan fingerprint density at radius 1 is 0.909 bits per heavy atom. The number of hydrogen-bond acceptors (Lipinski definition) is 2. The molecule has 0 aromatic heterocycles. The molecule has 33 heavy (non-hydrogen) atoms. The molecule has 4 nitrogen and oxygen atoms in total. The number of rotatable bonds is 9. The molecule has 6 heteroatoms. The molecule has 0 aliphatic carbocycles. The van der Waals surface area contributed by atoms with Crippen LogP contribution >= 0.6 is 23.2 Å². The Balaban J connectivity index is 2.02. The SMILES string of the molecule is CCNC(=O)[C@H](Cc1ccccc1)N(Cc1c(Cl)cccc1Cl)C(=O)Cc1ccccc1C. The first kappa shape index (κ1) is 24.8. The van der Waals surface area contributed by atoms with Gasteiger partial charge in [0.1, 0.15) is 6.04 Å². The van der Waals surface area contributed by atoms with Gasteiger partial charge in [0.15, 0.2) is 0 Å². The minimum atomic E-state index is -0.712. The van der Waals surface area contributed by atoms with Gasteiger partial charge in [0.05, 0.1) is 6.42 Å². The van der Waals surface area contributed by atoms with E-state index < -0.39 is 6.04 Å². The quantitative estimate of drug-likeness (QED) is 0.430. The Morgan fingerprint density at radius 2 is 1.55 bits per heavy atom. The van der Waals surface area contributed by atoms with E-state index in [9.17, 15) is 9.59 Å². The van der Waals surface area contributed by atoms with Crippen molar-refractivity contribution in [2.45, 2.75) is 39.3 Å². The minimum absolute atomic E-state index is 0.137. The highest BCUT2D eigenvalue weighted by Gasteiger charge is 2.31. The van der Waals surface area contributed by atoms with E-state index in [2.05, 4.69) is 5.32 Å². The maximum absolute atomic E-state index is 13.7. The van der Waals surface area contributed by atoms with Gasteiger partial charge in [-0.25, -0.2) is 0 Å². The summed E-state index contributed by atoms with van der Waals surface area (Å²) in [5.41, 5.74) is 3.54. The number of carbonyl (C=O) groups is 2. The van der Waals surface area contributed by atoms with Gasteiger partial charge in [0, 0.05) is 35.1 Å². The molecule has 3 rings (SSSR count). The predicted octanol–water partition coefficient (Wildman–Crippen LogP) is 5.62. The summed E-state index contributed by atoms with van der Waals surface area (Å²) in [5.74, 6) is -0.366. The minimum Gasteiger partial charge on any atom is -0.355 e. The predicted molar refractivity (Wildman–Crippen MR) is 135 cm³/mol. The number of halogens is 2. The summed E-state index contributed by atoms with van der Waals surface area (Å²) in [6.07, 6.45) is 0.563. The second-order valence-electron chi connectivity index (χ2n) is 7.93. The number of likely N-dealkylation sites (N-methyl/N-ethyl adjacent to an activating group) is 1. The normalized spacial score (nSPS) is 11.6. The van der Waals surface area contributed by atoms with E-state index in [0.29, 0.717) is 28.6 Å². The first-order chi connectivity index (χ1) is 15.9. The molecule has 0 fully saturated rings. The van der Waals surface area contributed by atoms with E-state index in [1.807, 2.05) is 68.4 Å². The number of hydrogen-bond donors (Lipinski definition) is 1. The van der Waals surface area contributed by atoms with E-state index >= 15 is 0 Å². The zero-order valence-corrected chi connectivity index (χ0v) is 20.4. The van der Waals surface area contributed by atoms with Crippen molar-refractivity contribution in [3.63, 3.8) is 0 Å². The van der Waals surface area contributed by atoms with E-state index in [4.69, 9.17) is 23.2 Å². The lowest BCUT2D eigenvalue weighted by molar-refractivity contribution is -0.140. The van der Waals surface area contributed by atoms with Crippen LogP contribution in [0.3, 0.4) is 0 Å². The van der Waals surface area contributed by atoms with Crippen LogP contribution in [0, 0.1) is 6.92 Å². The average Bonchev–Trinajstić information content (AvgIpc) is 2.80. The molecule has 0 saturated heterocycles. The van der Waals surface area contributed by atoms with Crippen molar-refractivity contribution in [3.05, 3.63) is 105 Å². The maximum Gasteiger partial charge on any atom is 0.243 e. The standard InChI is InChI=1S/C27H28Cl2N2O2/c1-3-30-27(33)25(16-20-11-5-4-6-12-20)31(18-22-23(28)14-9-15-24(22)29)26(32)17-21-13-8-7-10-19(21)2/h4-15,25H,3,16-18H2,1-2H3,(H,30,33)/t25-/m0/s1. The first-order valence-electron chi connectivity index (χ1n) is 11.0. The third kappa shape index (κ3) is 6.59. The van der Waals surface area contributed by atoms with Gasteiger partial charge in [-0.05, 0) is 42.7 Å². The van der Waals surface area contributed by atoms with Crippen LogP contribution in [0.25, 0.3) is 0 Å². The average molecular weight is 483 g/mol. The number of nitrogens with zero attached hydrogens (tertiary/aromatic N) is 1. The monoisotopic (exact) mass is 482 g/mol. The highest BCUT2D eigenvalue weighted by atomic mass is 35.5. The van der Waals surface area contributed by atoms with Crippen LogP contribution in [0.2, 0.25) is 10.0 Å². The Bertz CT molecular complexity index is 1080. The second kappa shape index (κ2) is 11.9. The summed E-state index contributed by atoms with van der Waals surface area (Å²) >= 11 is 12.9. The van der Waals surface area contributed by atoms with Gasteiger partial charge in [-0.2, -0.15) is 0 Å². The molecule has 3 aromatic rings. The summed E-state index contributed by atoms with van der Waals surface area (Å²) in [6, 6.07) is 22.0. The van der Waals surface area contributed by atoms with Crippen LogP contribution in [0.4, 0.5) is 0 Å². The zero-order valence-electron chi connectivity index (χ0n) is 18.9. The molecule has 0 spiro atoms. The fourth-order valence-electron chi connectivity index (χ4n) is 3.77. The van der Waals surface area contributed by atoms with Gasteiger partial charge in [-0.1, -0.05) is 83.9 Å². The maximum atomic E-state index is 13.7. The topological polar surface area (TPSA) is 49.4 Å². The first-order valence-corrected chi connectivity index (χ1v) is 11.7. The molecule has 0 saturated carbocycles. The van der Waals surface area contributed by atoms with Crippen molar-refractivity contribution in [1.29, 1.82) is 0 Å². The van der Waals surface area contributed by atoms with Gasteiger partial charge in [-0.15, -0.1) is 0 Å². The fourth-order valence-corrected chi connectivity index (χ4v) is 4.29. The molecular formula is C27H28Cl2N2O2. The lowest BCUT2D eigenvalue weighted by Crippen LogP contribution is -2.51. The van der Waals surface area contributed by atoms with Gasteiger partial charge >= 0.3 is 0 Å². The molecular weight excluding hydrogens is 455 g/mol. The third-order valence-electron chi connectivity index (χ3n) is 5.62. The number of benzene rings is 3. The van der Waals surface area contributed by atoms with Crippen molar-refractivity contribution < 1.29 is 9.59 Å². The van der Waals surface area contributed by atoms with Gasteiger partial charge < -0.3 is 10.2 Å². The molecule has 0 radical (unpaired) electrons. The fraction of sp³-hybridized carbons (Fsp3) is 0.259. The molecule has 1 N–H and O–H groups in total. The second-order valence-corrected chi connectivity index (χ2v) is 8.74. The van der Waals surface area contributed by atoms with Crippen LogP contribution in [0.1, 0.15) is 29.2 Å². The molecule has 2 amide bonds. The Hall–Kier alpha value is -2.82. The van der Waals surface area contributed by atoms with Crippen LogP contribution < -0.4 is 5.32 Å². The van der Waals surface area contributed by atoms with E-state index in [0.717, 1.165) is 16.7 Å². The molecule has 0 unspecified atom stereocenters. The van der Waals surface area contributed by atoms with Gasteiger partial charge in [0.2, 0.25) is 11.8 Å². The summed E-state index contributed by atoms with van der Waals surface area (Å²) < 4.78 is 0. The summed E-state index contributed by atoms with van der Waals surface area (Å²) in [5, 5.41) is 3.82. The highest BCUT2D eigenvalue weighted by molar-refractivity contribution is 6.36. The Labute approximate surface area is 205 Å². The smallest absolute Gasteiger partial charge is 0.243 e. The summed E-state index contributed by atoms with van der Waals surface area (Å²) in [7, 11) is 0. The number of carbonyl (C=O) groups excluding carboxylic acids is 2. The molecule has 0 bridgehead atoms. The lowest BCUT2D eigenvalue weighted by atomic mass is 10.00. The van der Waals surface area contributed by atoms with Crippen LogP contribution in [-0.2, 0) is 29.0 Å². The Kier molecular flexibility index (Phi) is 8.93. The number of aryl methyl sites for hydroxylation is 1. The molecule has 1 atom stereocenters. The summed E-state index contributed by atoms with van der Waals surface area (Å²) in [4.78, 5) is 28.5. The summed E-state index contributed by atoms with van der Waals surface area (Å²) in [6.45, 7) is 4.44.